The van der Waals surface area contributed by atoms with Crippen molar-refractivity contribution in [3.8, 4) is 0 Å². The third-order valence-electron chi connectivity index (χ3n) is 1.58. The van der Waals surface area contributed by atoms with Gasteiger partial charge in [-0.15, -0.1) is 0 Å². The first kappa shape index (κ1) is 12.2. The van der Waals surface area contributed by atoms with E-state index in [1.807, 2.05) is 6.08 Å². The van der Waals surface area contributed by atoms with Crippen LogP contribution in [-0.2, 0) is 14.6 Å². The molecule has 0 rings (SSSR count). The molecule has 0 aliphatic heterocycles. The number of hydrogen-bond acceptors (Lipinski definition) is 3. The smallest absolute Gasteiger partial charge is 0.293 e. The van der Waals surface area contributed by atoms with Crippen molar-refractivity contribution >= 4 is 5.97 Å². The molecular weight excluding hydrogens is 168 g/mol. The van der Waals surface area contributed by atoms with Crippen molar-refractivity contribution in [2.24, 2.45) is 0 Å². The van der Waals surface area contributed by atoms with Crippen molar-refractivity contribution < 1.29 is 14.6 Å². The summed E-state index contributed by atoms with van der Waals surface area (Å²) < 4.78 is 0. The predicted octanol–water partition coefficient (Wildman–Crippen LogP) is 2.62. The van der Waals surface area contributed by atoms with E-state index in [1.165, 1.54) is 0 Å². The maximum absolute atomic E-state index is 11.1. The van der Waals surface area contributed by atoms with Gasteiger partial charge in [0.1, 0.15) is 0 Å². The predicted molar refractivity (Wildman–Crippen MR) is 51.0 cm³/mol. The van der Waals surface area contributed by atoms with Gasteiger partial charge >= 0.3 is 5.97 Å². The lowest BCUT2D eigenvalue weighted by molar-refractivity contribution is -0.265. The maximum Gasteiger partial charge on any atom is 0.368 e. The second-order valence-electron chi connectivity index (χ2n) is 2.81. The first-order valence-corrected chi connectivity index (χ1v) is 4.72. The lowest BCUT2D eigenvalue weighted by Crippen LogP contribution is -2.06. The largest absolute Gasteiger partial charge is 0.368 e. The molecule has 0 aromatic heterocycles. The highest BCUT2D eigenvalue weighted by Crippen LogP contribution is 2.02. The summed E-state index contributed by atoms with van der Waals surface area (Å²) in [6.45, 7) is 6.00. The summed E-state index contributed by atoms with van der Waals surface area (Å²) in [5.74, 6) is -0.391. The summed E-state index contributed by atoms with van der Waals surface area (Å²) in [5, 5.41) is 0. The third-order valence-corrected chi connectivity index (χ3v) is 1.58. The van der Waals surface area contributed by atoms with Crippen LogP contribution in [0, 0.1) is 0 Å². The molecule has 13 heavy (non-hydrogen) atoms. The number of carbonyl (C=O) groups is 1. The number of allylic oxidation sites excluding steroid dienone is 1. The van der Waals surface area contributed by atoms with Gasteiger partial charge in [0.15, 0.2) is 0 Å². The quantitative estimate of drug-likeness (QED) is 0.277. The van der Waals surface area contributed by atoms with Crippen molar-refractivity contribution in [3.63, 3.8) is 0 Å². The van der Waals surface area contributed by atoms with Crippen LogP contribution in [0.4, 0.5) is 0 Å². The maximum atomic E-state index is 11.1. The fourth-order valence-corrected chi connectivity index (χ4v) is 0.784. The highest BCUT2D eigenvalue weighted by molar-refractivity contribution is 5.87. The van der Waals surface area contributed by atoms with E-state index in [2.05, 4.69) is 16.7 Å². The van der Waals surface area contributed by atoms with Crippen LogP contribution in [0.25, 0.3) is 0 Å². The van der Waals surface area contributed by atoms with Crippen molar-refractivity contribution in [1.82, 2.24) is 0 Å². The average Bonchev–Trinajstić information content (AvgIpc) is 2.14. The SMILES string of the molecule is CCCCC=C(C)C(=O)OOCC. The second kappa shape index (κ2) is 7.80. The third kappa shape index (κ3) is 6.34. The molecule has 3 heteroatoms. The second-order valence-corrected chi connectivity index (χ2v) is 2.81. The Morgan fingerprint density at radius 3 is 2.62 bits per heavy atom. The molecule has 0 fully saturated rings. The van der Waals surface area contributed by atoms with Crippen LogP contribution in [-0.4, -0.2) is 12.6 Å². The molecule has 0 saturated heterocycles. The zero-order chi connectivity index (χ0) is 10.1. The molecular formula is C10H18O3. The first-order valence-electron chi connectivity index (χ1n) is 4.72. The van der Waals surface area contributed by atoms with Gasteiger partial charge in [-0.25, -0.2) is 4.79 Å². The molecule has 3 nitrogen and oxygen atoms in total. The Morgan fingerprint density at radius 1 is 1.38 bits per heavy atom. The molecule has 0 radical (unpaired) electrons. The summed E-state index contributed by atoms with van der Waals surface area (Å²) in [4.78, 5) is 20.1. The van der Waals surface area contributed by atoms with E-state index in [0.717, 1.165) is 19.3 Å². The van der Waals surface area contributed by atoms with Crippen molar-refractivity contribution in [3.05, 3.63) is 11.6 Å². The van der Waals surface area contributed by atoms with E-state index in [9.17, 15) is 4.79 Å². The van der Waals surface area contributed by atoms with Gasteiger partial charge in [-0.05, 0) is 20.3 Å². The molecule has 0 bridgehead atoms. The summed E-state index contributed by atoms with van der Waals surface area (Å²) in [5.41, 5.74) is 0.613. The number of rotatable bonds is 6. The zero-order valence-electron chi connectivity index (χ0n) is 8.63. The standard InChI is InChI=1S/C10H18O3/c1-4-6-7-8-9(3)10(11)13-12-5-2/h8H,4-7H2,1-3H3. The molecule has 0 heterocycles. The van der Waals surface area contributed by atoms with Crippen LogP contribution < -0.4 is 0 Å². The van der Waals surface area contributed by atoms with Gasteiger partial charge < -0.3 is 0 Å². The van der Waals surface area contributed by atoms with E-state index >= 15 is 0 Å². The van der Waals surface area contributed by atoms with E-state index in [-0.39, 0.29) is 0 Å². The van der Waals surface area contributed by atoms with Gasteiger partial charge in [-0.2, -0.15) is 4.89 Å². The highest BCUT2D eigenvalue weighted by atomic mass is 17.2. The summed E-state index contributed by atoms with van der Waals surface area (Å²) in [7, 11) is 0. The van der Waals surface area contributed by atoms with E-state index in [1.54, 1.807) is 13.8 Å². The fraction of sp³-hybridized carbons (Fsp3) is 0.700. The highest BCUT2D eigenvalue weighted by Gasteiger charge is 2.04. The van der Waals surface area contributed by atoms with Crippen LogP contribution in [0.3, 0.4) is 0 Å². The van der Waals surface area contributed by atoms with Crippen molar-refractivity contribution in [1.29, 1.82) is 0 Å². The monoisotopic (exact) mass is 186 g/mol. The van der Waals surface area contributed by atoms with Gasteiger partial charge in [0, 0.05) is 5.57 Å². The lowest BCUT2D eigenvalue weighted by atomic mass is 10.2. The Morgan fingerprint density at radius 2 is 2.08 bits per heavy atom. The van der Waals surface area contributed by atoms with Crippen LogP contribution in [0.1, 0.15) is 40.0 Å². The summed E-state index contributed by atoms with van der Waals surface area (Å²) in [6, 6.07) is 0. The first-order chi connectivity index (χ1) is 6.22. The van der Waals surface area contributed by atoms with Gasteiger partial charge in [0.05, 0.1) is 6.61 Å². The van der Waals surface area contributed by atoms with Crippen LogP contribution in [0.2, 0.25) is 0 Å². The minimum Gasteiger partial charge on any atom is -0.293 e. The Labute approximate surface area is 79.7 Å². The van der Waals surface area contributed by atoms with Crippen LogP contribution in [0.5, 0.6) is 0 Å². The zero-order valence-corrected chi connectivity index (χ0v) is 8.63. The van der Waals surface area contributed by atoms with Crippen molar-refractivity contribution in [2.45, 2.75) is 40.0 Å². The Bertz CT molecular complexity index is 173. The Hall–Kier alpha value is -0.830. The molecule has 0 saturated carbocycles. The van der Waals surface area contributed by atoms with E-state index in [4.69, 9.17) is 0 Å². The minimum absolute atomic E-state index is 0.383. The Balaban J connectivity index is 3.72. The van der Waals surface area contributed by atoms with E-state index < -0.39 is 5.97 Å². The van der Waals surface area contributed by atoms with Crippen LogP contribution >= 0.6 is 0 Å². The topological polar surface area (TPSA) is 35.5 Å². The normalized spacial score (nSPS) is 11.5. The minimum atomic E-state index is -0.391. The fourth-order valence-electron chi connectivity index (χ4n) is 0.784. The van der Waals surface area contributed by atoms with Gasteiger partial charge in [0.2, 0.25) is 0 Å². The average molecular weight is 186 g/mol. The molecule has 0 aromatic rings. The van der Waals surface area contributed by atoms with Crippen molar-refractivity contribution in [2.75, 3.05) is 6.61 Å². The molecule has 0 unspecified atom stereocenters. The molecule has 0 N–H and O–H groups in total. The summed E-state index contributed by atoms with van der Waals surface area (Å²) in [6.07, 6.45) is 5.03. The van der Waals surface area contributed by atoms with Gasteiger partial charge in [-0.3, -0.25) is 4.89 Å². The number of hydrogen-bond donors (Lipinski definition) is 0. The molecule has 0 aromatic carbocycles. The van der Waals surface area contributed by atoms with Gasteiger partial charge in [0.25, 0.3) is 0 Å². The van der Waals surface area contributed by atoms with Gasteiger partial charge in [-0.1, -0.05) is 25.8 Å². The lowest BCUT2D eigenvalue weighted by Gasteiger charge is -2.00. The molecule has 0 aliphatic carbocycles. The molecule has 0 aliphatic rings. The van der Waals surface area contributed by atoms with Crippen LogP contribution in [0.15, 0.2) is 11.6 Å². The number of unbranched alkanes of at least 4 members (excludes halogenated alkanes) is 2. The Kier molecular flexibility index (Phi) is 7.30. The summed E-state index contributed by atoms with van der Waals surface area (Å²) >= 11 is 0. The molecule has 0 atom stereocenters. The number of carbonyl (C=O) groups excluding carboxylic acids is 1. The molecule has 0 amide bonds. The molecule has 76 valence electrons. The van der Waals surface area contributed by atoms with E-state index in [0.29, 0.717) is 12.2 Å². The molecule has 0 spiro atoms.